The number of hydrogen-bond donors (Lipinski definition) is 1. The summed E-state index contributed by atoms with van der Waals surface area (Å²) in [6, 6.07) is 11.2. The van der Waals surface area contributed by atoms with Crippen LogP contribution in [0.2, 0.25) is 0 Å². The van der Waals surface area contributed by atoms with Crippen molar-refractivity contribution in [2.75, 3.05) is 32.4 Å². The third kappa shape index (κ3) is 4.54. The van der Waals surface area contributed by atoms with Gasteiger partial charge in [0.05, 0.1) is 27.0 Å². The maximum absolute atomic E-state index is 12.5. The Morgan fingerprint density at radius 2 is 1.90 bits per heavy atom. The van der Waals surface area contributed by atoms with E-state index in [9.17, 15) is 4.79 Å². The molecule has 0 unspecified atom stereocenters. The molecule has 2 heterocycles. The van der Waals surface area contributed by atoms with E-state index in [4.69, 9.17) is 14.2 Å². The molecule has 1 aromatic heterocycles. The van der Waals surface area contributed by atoms with Crippen LogP contribution in [0.4, 0.5) is 5.69 Å². The van der Waals surface area contributed by atoms with Gasteiger partial charge in [-0.25, -0.2) is 4.98 Å². The monoisotopic (exact) mass is 437 g/mol. The Morgan fingerprint density at radius 1 is 1.13 bits per heavy atom. The lowest BCUT2D eigenvalue weighted by molar-refractivity contribution is -0.111. The van der Waals surface area contributed by atoms with Gasteiger partial charge in [0.15, 0.2) is 16.7 Å². The number of carbonyl (C=O) groups excluding carboxylic acids is 1. The van der Waals surface area contributed by atoms with Crippen molar-refractivity contribution < 1.29 is 19.0 Å². The minimum atomic E-state index is -0.242. The van der Waals surface area contributed by atoms with Gasteiger partial charge in [0.25, 0.3) is 0 Å². The number of imidazole rings is 1. The lowest BCUT2D eigenvalue weighted by atomic mass is 10.1. The molecule has 4 rings (SSSR count). The van der Waals surface area contributed by atoms with Gasteiger partial charge in [-0.05, 0) is 35.9 Å². The molecule has 1 aliphatic heterocycles. The molecule has 7 nitrogen and oxygen atoms in total. The molecule has 8 heteroatoms. The topological polar surface area (TPSA) is 74.6 Å². The zero-order chi connectivity index (χ0) is 21.8. The molecule has 1 aliphatic rings. The number of carbonyl (C=O) groups is 1. The second-order valence-electron chi connectivity index (χ2n) is 6.81. The highest BCUT2D eigenvalue weighted by Gasteiger charge is 2.15. The standard InChI is InChI=1S/C23H23N3O4S/c1-28-19-11-15(12-20(29-2)22(19)30-3)7-8-21(27)24-17-6-4-5-16(13-17)18-14-26-9-10-31-23(26)25-18/h4-8,11-14H,9-10H2,1-3H3,(H,24,27). The number of aromatic nitrogens is 2. The lowest BCUT2D eigenvalue weighted by Gasteiger charge is -2.12. The number of fused-ring (bicyclic) bond motifs is 1. The maximum atomic E-state index is 12.5. The molecule has 2 aromatic carbocycles. The highest BCUT2D eigenvalue weighted by molar-refractivity contribution is 7.99. The number of nitrogens with one attached hydrogen (secondary N) is 1. The highest BCUT2D eigenvalue weighted by Crippen LogP contribution is 2.38. The summed E-state index contributed by atoms with van der Waals surface area (Å²) in [4.78, 5) is 17.1. The molecule has 31 heavy (non-hydrogen) atoms. The zero-order valence-electron chi connectivity index (χ0n) is 17.5. The van der Waals surface area contributed by atoms with Crippen LogP contribution in [0, 0.1) is 0 Å². The maximum Gasteiger partial charge on any atom is 0.248 e. The molecule has 1 N–H and O–H groups in total. The molecule has 3 aromatic rings. The molecule has 0 saturated heterocycles. The number of anilines is 1. The van der Waals surface area contributed by atoms with Crippen molar-refractivity contribution in [1.29, 1.82) is 0 Å². The average molecular weight is 438 g/mol. The van der Waals surface area contributed by atoms with E-state index >= 15 is 0 Å². The molecule has 0 aliphatic carbocycles. The molecule has 0 fully saturated rings. The molecule has 0 radical (unpaired) electrons. The highest BCUT2D eigenvalue weighted by atomic mass is 32.2. The fourth-order valence-corrected chi connectivity index (χ4v) is 4.30. The van der Waals surface area contributed by atoms with Gasteiger partial charge in [0.1, 0.15) is 0 Å². The summed E-state index contributed by atoms with van der Waals surface area (Å²) >= 11 is 1.76. The van der Waals surface area contributed by atoms with Crippen LogP contribution in [0.25, 0.3) is 17.3 Å². The van der Waals surface area contributed by atoms with Crippen LogP contribution < -0.4 is 19.5 Å². The number of rotatable bonds is 7. The van der Waals surface area contributed by atoms with Crippen molar-refractivity contribution in [3.8, 4) is 28.5 Å². The predicted molar refractivity (Wildman–Crippen MR) is 122 cm³/mol. The lowest BCUT2D eigenvalue weighted by Crippen LogP contribution is -2.07. The summed E-state index contributed by atoms with van der Waals surface area (Å²) < 4.78 is 18.2. The molecule has 0 bridgehead atoms. The second kappa shape index (κ2) is 9.18. The van der Waals surface area contributed by atoms with Crippen molar-refractivity contribution in [1.82, 2.24) is 9.55 Å². The van der Waals surface area contributed by atoms with E-state index in [-0.39, 0.29) is 5.91 Å². The Kier molecular flexibility index (Phi) is 6.18. The van der Waals surface area contributed by atoms with Gasteiger partial charge in [0, 0.05) is 35.8 Å². The van der Waals surface area contributed by atoms with E-state index in [0.29, 0.717) is 22.9 Å². The third-order valence-corrected chi connectivity index (χ3v) is 5.81. The number of nitrogens with zero attached hydrogens (tertiary/aromatic N) is 2. The van der Waals surface area contributed by atoms with Crippen molar-refractivity contribution in [3.05, 3.63) is 54.2 Å². The fourth-order valence-electron chi connectivity index (χ4n) is 3.36. The smallest absolute Gasteiger partial charge is 0.248 e. The number of aryl methyl sites for hydroxylation is 1. The number of benzene rings is 2. The third-order valence-electron chi connectivity index (χ3n) is 4.84. The first-order valence-corrected chi connectivity index (χ1v) is 10.7. The van der Waals surface area contributed by atoms with Gasteiger partial charge in [0.2, 0.25) is 11.7 Å². The predicted octanol–water partition coefficient (Wildman–Crippen LogP) is 4.33. The number of thioether (sulfide) groups is 1. The van der Waals surface area contributed by atoms with Crippen molar-refractivity contribution >= 4 is 29.4 Å². The van der Waals surface area contributed by atoms with Gasteiger partial charge in [-0.3, -0.25) is 4.79 Å². The van der Waals surface area contributed by atoms with Gasteiger partial charge in [-0.1, -0.05) is 23.9 Å². The average Bonchev–Trinajstić information content (AvgIpc) is 3.39. The van der Waals surface area contributed by atoms with E-state index in [1.807, 2.05) is 24.3 Å². The number of amides is 1. The van der Waals surface area contributed by atoms with E-state index in [1.165, 1.54) is 6.08 Å². The molecular weight excluding hydrogens is 414 g/mol. The summed E-state index contributed by atoms with van der Waals surface area (Å²) in [7, 11) is 4.66. The van der Waals surface area contributed by atoms with Crippen molar-refractivity contribution in [3.63, 3.8) is 0 Å². The van der Waals surface area contributed by atoms with Crippen LogP contribution in [0.15, 0.2) is 53.8 Å². The van der Waals surface area contributed by atoms with Crippen molar-refractivity contribution in [2.45, 2.75) is 11.7 Å². The van der Waals surface area contributed by atoms with Crippen LogP contribution in [0.5, 0.6) is 17.2 Å². The Morgan fingerprint density at radius 3 is 2.58 bits per heavy atom. The first-order valence-electron chi connectivity index (χ1n) is 9.70. The Balaban J connectivity index is 1.48. The van der Waals surface area contributed by atoms with E-state index < -0.39 is 0 Å². The molecule has 160 valence electrons. The first kappa shape index (κ1) is 20.9. The SMILES string of the molecule is COc1cc(C=CC(=O)Nc2cccc(-c3cn4c(n3)SCC4)c2)cc(OC)c1OC. The minimum Gasteiger partial charge on any atom is -0.493 e. The summed E-state index contributed by atoms with van der Waals surface area (Å²) in [5.41, 5.74) is 3.33. The van der Waals surface area contributed by atoms with E-state index in [2.05, 4.69) is 21.1 Å². The quantitative estimate of drug-likeness (QED) is 0.555. The van der Waals surface area contributed by atoms with Crippen LogP contribution in [0.1, 0.15) is 5.56 Å². The Bertz CT molecular complexity index is 1090. The zero-order valence-corrected chi connectivity index (χ0v) is 18.4. The minimum absolute atomic E-state index is 0.242. The number of methoxy groups -OCH3 is 3. The van der Waals surface area contributed by atoms with Crippen LogP contribution in [-0.2, 0) is 11.3 Å². The Labute approximate surface area is 185 Å². The molecular formula is C23H23N3O4S. The normalized spacial score (nSPS) is 12.6. The van der Waals surface area contributed by atoms with Gasteiger partial charge < -0.3 is 24.1 Å². The first-order chi connectivity index (χ1) is 15.1. The van der Waals surface area contributed by atoms with Gasteiger partial charge in [-0.15, -0.1) is 0 Å². The molecule has 0 spiro atoms. The van der Waals surface area contributed by atoms with Gasteiger partial charge in [-0.2, -0.15) is 0 Å². The molecule has 0 saturated carbocycles. The van der Waals surface area contributed by atoms with E-state index in [1.54, 1.807) is 51.3 Å². The molecule has 0 atom stereocenters. The van der Waals surface area contributed by atoms with E-state index in [0.717, 1.165) is 34.3 Å². The van der Waals surface area contributed by atoms with Gasteiger partial charge >= 0.3 is 0 Å². The largest absolute Gasteiger partial charge is 0.493 e. The molecule has 1 amide bonds. The van der Waals surface area contributed by atoms with Crippen LogP contribution in [0.3, 0.4) is 0 Å². The Hall–Kier alpha value is -3.39. The summed E-state index contributed by atoms with van der Waals surface area (Å²) in [5, 5.41) is 3.94. The number of ether oxygens (including phenoxy) is 3. The summed E-state index contributed by atoms with van der Waals surface area (Å²) in [6.07, 6.45) is 5.22. The second-order valence-corrected chi connectivity index (χ2v) is 7.87. The summed E-state index contributed by atoms with van der Waals surface area (Å²) in [5.74, 6) is 2.39. The number of hydrogen-bond acceptors (Lipinski definition) is 6. The van der Waals surface area contributed by atoms with Crippen LogP contribution >= 0.6 is 11.8 Å². The van der Waals surface area contributed by atoms with Crippen LogP contribution in [-0.4, -0.2) is 42.5 Å². The summed E-state index contributed by atoms with van der Waals surface area (Å²) in [6.45, 7) is 0.981. The fraction of sp³-hybridized carbons (Fsp3) is 0.217. The van der Waals surface area contributed by atoms with Crippen molar-refractivity contribution in [2.24, 2.45) is 0 Å².